The molecular formula is C21H26N2O4. The fraction of sp³-hybridized carbons (Fsp3) is 0.381. The topological polar surface area (TPSA) is 65.7 Å². The number of methoxy groups -OCH3 is 2. The van der Waals surface area contributed by atoms with Gasteiger partial charge >= 0.3 is 0 Å². The van der Waals surface area contributed by atoms with Gasteiger partial charge in [-0.25, -0.2) is 4.98 Å². The molecule has 0 aliphatic heterocycles. The summed E-state index contributed by atoms with van der Waals surface area (Å²) in [6.45, 7) is 2.71. The lowest BCUT2D eigenvalue weighted by Crippen LogP contribution is -2.24. The highest BCUT2D eigenvalue weighted by atomic mass is 16.5. The lowest BCUT2D eigenvalue weighted by molar-refractivity contribution is 0.0924. The molecule has 0 fully saturated rings. The van der Waals surface area contributed by atoms with Crippen molar-refractivity contribution < 1.29 is 19.3 Å². The van der Waals surface area contributed by atoms with Crippen LogP contribution in [0.2, 0.25) is 0 Å². The van der Waals surface area contributed by atoms with Crippen molar-refractivity contribution >= 4 is 11.0 Å². The molecule has 0 bridgehead atoms. The molecule has 1 heterocycles. The fourth-order valence-electron chi connectivity index (χ4n) is 3.06. The number of aliphatic hydroxyl groups excluding tert-OH is 1. The molecule has 144 valence electrons. The van der Waals surface area contributed by atoms with Gasteiger partial charge in [0, 0.05) is 24.6 Å². The van der Waals surface area contributed by atoms with Crippen LogP contribution in [0.3, 0.4) is 0 Å². The first-order chi connectivity index (χ1) is 13.1. The van der Waals surface area contributed by atoms with Gasteiger partial charge in [0.05, 0.1) is 31.8 Å². The molecule has 0 unspecified atom stereocenters. The number of imidazole rings is 1. The number of hydrogen-bond acceptors (Lipinski definition) is 5. The van der Waals surface area contributed by atoms with Gasteiger partial charge in [0.15, 0.2) is 0 Å². The third kappa shape index (κ3) is 4.52. The van der Waals surface area contributed by atoms with Crippen LogP contribution in [0.1, 0.15) is 19.2 Å². The molecule has 0 aliphatic carbocycles. The van der Waals surface area contributed by atoms with E-state index in [-0.39, 0.29) is 6.61 Å². The second-order valence-electron chi connectivity index (χ2n) is 6.39. The number of rotatable bonds is 9. The quantitative estimate of drug-likeness (QED) is 0.625. The van der Waals surface area contributed by atoms with E-state index in [1.807, 2.05) is 24.3 Å². The zero-order chi connectivity index (χ0) is 19.2. The highest BCUT2D eigenvalue weighted by Crippen LogP contribution is 2.27. The Morgan fingerprint density at radius 1 is 1.04 bits per heavy atom. The smallest absolute Gasteiger partial charge is 0.126 e. The summed E-state index contributed by atoms with van der Waals surface area (Å²) in [6, 6.07) is 13.3. The summed E-state index contributed by atoms with van der Waals surface area (Å²) in [5.74, 6) is 2.87. The second kappa shape index (κ2) is 8.77. The summed E-state index contributed by atoms with van der Waals surface area (Å²) in [4.78, 5) is 4.70. The van der Waals surface area contributed by atoms with E-state index in [0.717, 1.165) is 29.7 Å². The van der Waals surface area contributed by atoms with Crippen LogP contribution in [0.15, 0.2) is 42.5 Å². The summed E-state index contributed by atoms with van der Waals surface area (Å²) < 4.78 is 18.3. The van der Waals surface area contributed by atoms with Crippen molar-refractivity contribution in [2.24, 2.45) is 0 Å². The highest BCUT2D eigenvalue weighted by molar-refractivity contribution is 5.75. The van der Waals surface area contributed by atoms with Gasteiger partial charge in [-0.3, -0.25) is 0 Å². The van der Waals surface area contributed by atoms with Gasteiger partial charge in [-0.05, 0) is 18.6 Å². The molecule has 6 heteroatoms. The zero-order valence-corrected chi connectivity index (χ0v) is 16.0. The number of nitrogens with zero attached hydrogens (tertiary/aromatic N) is 2. The average molecular weight is 370 g/mol. The Morgan fingerprint density at radius 3 is 2.37 bits per heavy atom. The summed E-state index contributed by atoms with van der Waals surface area (Å²) >= 11 is 0. The fourth-order valence-corrected chi connectivity index (χ4v) is 3.06. The summed E-state index contributed by atoms with van der Waals surface area (Å²) in [6.07, 6.45) is 1.20. The first kappa shape index (κ1) is 19.0. The zero-order valence-electron chi connectivity index (χ0n) is 16.0. The number of aromatic nitrogens is 2. The molecule has 0 saturated heterocycles. The van der Waals surface area contributed by atoms with Crippen molar-refractivity contribution in [2.45, 2.75) is 32.4 Å². The van der Waals surface area contributed by atoms with E-state index in [1.54, 1.807) is 32.4 Å². The SMILES string of the molecule is CCCc1nc2ccccc2n1C[C@@H](O)COc1cc(OC)cc(OC)c1. The van der Waals surface area contributed by atoms with Crippen LogP contribution < -0.4 is 14.2 Å². The van der Waals surface area contributed by atoms with E-state index in [4.69, 9.17) is 19.2 Å². The van der Waals surface area contributed by atoms with E-state index >= 15 is 0 Å². The van der Waals surface area contributed by atoms with Crippen molar-refractivity contribution in [2.75, 3.05) is 20.8 Å². The van der Waals surface area contributed by atoms with E-state index in [9.17, 15) is 5.11 Å². The number of aliphatic hydroxyl groups is 1. The van der Waals surface area contributed by atoms with E-state index in [2.05, 4.69) is 11.5 Å². The number of ether oxygens (including phenoxy) is 3. The van der Waals surface area contributed by atoms with E-state index in [0.29, 0.717) is 23.8 Å². The highest BCUT2D eigenvalue weighted by Gasteiger charge is 2.14. The minimum Gasteiger partial charge on any atom is -0.496 e. The van der Waals surface area contributed by atoms with Crippen molar-refractivity contribution in [3.05, 3.63) is 48.3 Å². The summed E-state index contributed by atoms with van der Waals surface area (Å²) in [5, 5.41) is 10.6. The summed E-state index contributed by atoms with van der Waals surface area (Å²) in [7, 11) is 3.18. The van der Waals surface area contributed by atoms with Crippen LogP contribution in [0.5, 0.6) is 17.2 Å². The predicted molar refractivity (Wildman–Crippen MR) is 105 cm³/mol. The third-order valence-electron chi connectivity index (χ3n) is 4.37. The first-order valence-electron chi connectivity index (χ1n) is 9.12. The molecular weight excluding hydrogens is 344 g/mol. The van der Waals surface area contributed by atoms with Gasteiger partial charge in [-0.15, -0.1) is 0 Å². The van der Waals surface area contributed by atoms with Crippen molar-refractivity contribution in [1.82, 2.24) is 9.55 Å². The minimum atomic E-state index is -0.671. The van der Waals surface area contributed by atoms with E-state index < -0.39 is 6.10 Å². The van der Waals surface area contributed by atoms with Crippen LogP contribution in [0.25, 0.3) is 11.0 Å². The number of fused-ring (bicyclic) bond motifs is 1. The molecule has 3 rings (SSSR count). The van der Waals surface area contributed by atoms with Crippen molar-refractivity contribution in [3.63, 3.8) is 0 Å². The minimum absolute atomic E-state index is 0.161. The molecule has 1 atom stereocenters. The Labute approximate surface area is 159 Å². The van der Waals surface area contributed by atoms with Gasteiger partial charge < -0.3 is 23.9 Å². The molecule has 6 nitrogen and oxygen atoms in total. The lowest BCUT2D eigenvalue weighted by Gasteiger charge is -2.16. The lowest BCUT2D eigenvalue weighted by atomic mass is 10.2. The van der Waals surface area contributed by atoms with Gasteiger partial charge in [-0.1, -0.05) is 19.1 Å². The Balaban J connectivity index is 1.72. The molecule has 1 aromatic heterocycles. The molecule has 0 aliphatic rings. The maximum absolute atomic E-state index is 10.6. The molecule has 0 spiro atoms. The standard InChI is InChI=1S/C21H26N2O4/c1-4-7-21-22-19-8-5-6-9-20(19)23(21)13-15(24)14-27-18-11-16(25-2)10-17(12-18)26-3/h5-6,8-12,15,24H,4,7,13-14H2,1-3H3/t15-/m1/s1. The van der Waals surface area contributed by atoms with Crippen LogP contribution in [-0.4, -0.2) is 41.6 Å². The van der Waals surface area contributed by atoms with Crippen molar-refractivity contribution in [1.29, 1.82) is 0 Å². The Morgan fingerprint density at radius 2 is 1.70 bits per heavy atom. The monoisotopic (exact) mass is 370 g/mol. The number of para-hydroxylation sites is 2. The molecule has 2 aromatic carbocycles. The van der Waals surface area contributed by atoms with Crippen LogP contribution in [0.4, 0.5) is 0 Å². The van der Waals surface area contributed by atoms with Gasteiger partial charge in [0.25, 0.3) is 0 Å². The maximum atomic E-state index is 10.6. The largest absolute Gasteiger partial charge is 0.496 e. The average Bonchev–Trinajstić information content (AvgIpc) is 3.03. The second-order valence-corrected chi connectivity index (χ2v) is 6.39. The van der Waals surface area contributed by atoms with Crippen LogP contribution in [-0.2, 0) is 13.0 Å². The number of aryl methyl sites for hydroxylation is 1. The third-order valence-corrected chi connectivity index (χ3v) is 4.37. The Bertz CT molecular complexity index is 869. The molecule has 3 aromatic rings. The normalized spacial score (nSPS) is 12.1. The summed E-state index contributed by atoms with van der Waals surface area (Å²) in [5.41, 5.74) is 1.98. The predicted octanol–water partition coefficient (Wildman–Crippen LogP) is 3.45. The molecule has 0 amide bonds. The Kier molecular flexibility index (Phi) is 6.19. The van der Waals surface area contributed by atoms with Gasteiger partial charge in [0.2, 0.25) is 0 Å². The van der Waals surface area contributed by atoms with Gasteiger partial charge in [-0.2, -0.15) is 0 Å². The first-order valence-corrected chi connectivity index (χ1v) is 9.12. The molecule has 1 N–H and O–H groups in total. The number of benzene rings is 2. The van der Waals surface area contributed by atoms with Gasteiger partial charge in [0.1, 0.15) is 35.8 Å². The molecule has 0 saturated carbocycles. The van der Waals surface area contributed by atoms with Crippen LogP contribution >= 0.6 is 0 Å². The van der Waals surface area contributed by atoms with Crippen LogP contribution in [0, 0.1) is 0 Å². The maximum Gasteiger partial charge on any atom is 0.126 e. The molecule has 0 radical (unpaired) electrons. The molecule has 27 heavy (non-hydrogen) atoms. The Hall–Kier alpha value is -2.73. The number of hydrogen-bond donors (Lipinski definition) is 1. The van der Waals surface area contributed by atoms with E-state index in [1.165, 1.54) is 0 Å². The van der Waals surface area contributed by atoms with Crippen molar-refractivity contribution in [3.8, 4) is 17.2 Å².